The van der Waals surface area contributed by atoms with Crippen molar-refractivity contribution in [2.45, 2.75) is 0 Å². The Bertz CT molecular complexity index is 580. The van der Waals surface area contributed by atoms with Crippen molar-refractivity contribution in [1.29, 1.82) is 0 Å². The van der Waals surface area contributed by atoms with Crippen LogP contribution in [0.5, 0.6) is 0 Å². The normalized spacial score (nSPS) is 10.7. The van der Waals surface area contributed by atoms with Gasteiger partial charge in [-0.05, 0) is 35.3 Å². The Balaban J connectivity index is 2.28. The lowest BCUT2D eigenvalue weighted by Gasteiger charge is -2.05. The van der Waals surface area contributed by atoms with Gasteiger partial charge in [0.05, 0.1) is 0 Å². The van der Waals surface area contributed by atoms with Gasteiger partial charge in [0.1, 0.15) is 0 Å². The zero-order valence-electron chi connectivity index (χ0n) is 9.84. The summed E-state index contributed by atoms with van der Waals surface area (Å²) in [4.78, 5) is 10.4. The molecule has 2 aromatic rings. The number of benzene rings is 2. The summed E-state index contributed by atoms with van der Waals surface area (Å²) in [5, 5.41) is 8.55. The van der Waals surface area contributed by atoms with Crippen LogP contribution in [0.25, 0.3) is 17.2 Å². The van der Waals surface area contributed by atoms with E-state index in [4.69, 9.17) is 5.11 Å². The van der Waals surface area contributed by atoms with Crippen molar-refractivity contribution in [2.24, 2.45) is 0 Å². The Morgan fingerprint density at radius 3 is 2.33 bits per heavy atom. The zero-order valence-corrected chi connectivity index (χ0v) is 9.84. The first kappa shape index (κ1) is 12.1. The van der Waals surface area contributed by atoms with Gasteiger partial charge in [-0.2, -0.15) is 0 Å². The molecule has 0 atom stereocenters. The minimum Gasteiger partial charge on any atom is -0.478 e. The third-order valence-corrected chi connectivity index (χ3v) is 2.66. The molecule has 2 heteroatoms. The van der Waals surface area contributed by atoms with Crippen LogP contribution in [0.2, 0.25) is 0 Å². The van der Waals surface area contributed by atoms with Crippen molar-refractivity contribution < 1.29 is 9.90 Å². The van der Waals surface area contributed by atoms with E-state index in [9.17, 15) is 4.79 Å². The summed E-state index contributed by atoms with van der Waals surface area (Å²) in [7, 11) is 0. The number of carboxylic acid groups (broad SMARTS) is 1. The SMILES string of the molecule is [CH2]c1ccccc1-c1ccc(/C=C/C(=O)O)cc1. The highest BCUT2D eigenvalue weighted by Gasteiger charge is 2.00. The van der Waals surface area contributed by atoms with Crippen molar-refractivity contribution in [3.8, 4) is 11.1 Å². The first-order chi connectivity index (χ1) is 8.66. The summed E-state index contributed by atoms with van der Waals surface area (Å²) in [6, 6.07) is 15.6. The molecule has 0 unspecified atom stereocenters. The second-order valence-corrected chi connectivity index (χ2v) is 3.95. The first-order valence-electron chi connectivity index (χ1n) is 5.59. The molecule has 0 fully saturated rings. The van der Waals surface area contributed by atoms with Crippen molar-refractivity contribution in [2.75, 3.05) is 0 Å². The molecule has 18 heavy (non-hydrogen) atoms. The van der Waals surface area contributed by atoms with Crippen molar-refractivity contribution in [1.82, 2.24) is 0 Å². The van der Waals surface area contributed by atoms with E-state index < -0.39 is 5.97 Å². The molecule has 2 rings (SSSR count). The molecule has 0 aromatic heterocycles. The molecule has 0 saturated heterocycles. The van der Waals surface area contributed by atoms with Crippen LogP contribution in [-0.2, 0) is 4.79 Å². The number of hydrogen-bond donors (Lipinski definition) is 1. The lowest BCUT2D eigenvalue weighted by Crippen LogP contribution is -1.86. The molecule has 0 aliphatic carbocycles. The minimum atomic E-state index is -0.942. The predicted molar refractivity (Wildman–Crippen MR) is 73.0 cm³/mol. The van der Waals surface area contributed by atoms with Gasteiger partial charge < -0.3 is 5.11 Å². The molecule has 0 amide bonds. The standard InChI is InChI=1S/C16H13O2/c1-12-4-2-3-5-15(12)14-9-6-13(7-10-14)8-11-16(17)18/h2-11H,1H2,(H,17,18)/b11-8+. The molecule has 0 heterocycles. The Labute approximate surface area is 106 Å². The van der Waals surface area contributed by atoms with Crippen LogP contribution in [0.1, 0.15) is 11.1 Å². The van der Waals surface area contributed by atoms with Gasteiger partial charge in [-0.1, -0.05) is 48.5 Å². The molecule has 2 nitrogen and oxygen atoms in total. The average Bonchev–Trinajstić information content (AvgIpc) is 2.38. The second-order valence-electron chi connectivity index (χ2n) is 3.95. The van der Waals surface area contributed by atoms with E-state index in [2.05, 4.69) is 6.92 Å². The van der Waals surface area contributed by atoms with E-state index in [1.807, 2.05) is 48.5 Å². The largest absolute Gasteiger partial charge is 0.478 e. The van der Waals surface area contributed by atoms with E-state index in [1.165, 1.54) is 0 Å². The van der Waals surface area contributed by atoms with E-state index >= 15 is 0 Å². The highest BCUT2D eigenvalue weighted by atomic mass is 16.4. The monoisotopic (exact) mass is 237 g/mol. The number of carboxylic acids is 1. The number of hydrogen-bond acceptors (Lipinski definition) is 1. The molecule has 1 N–H and O–H groups in total. The van der Waals surface area contributed by atoms with Gasteiger partial charge in [-0.25, -0.2) is 4.79 Å². The Morgan fingerprint density at radius 2 is 1.72 bits per heavy atom. The molecule has 0 saturated carbocycles. The van der Waals surface area contributed by atoms with Crippen LogP contribution >= 0.6 is 0 Å². The molecule has 0 bridgehead atoms. The van der Waals surface area contributed by atoms with Crippen molar-refractivity contribution in [3.63, 3.8) is 0 Å². The topological polar surface area (TPSA) is 37.3 Å². The Hall–Kier alpha value is -2.35. The third-order valence-electron chi connectivity index (χ3n) is 2.66. The predicted octanol–water partition coefficient (Wildman–Crippen LogP) is 3.63. The summed E-state index contributed by atoms with van der Waals surface area (Å²) in [6.45, 7) is 3.99. The second kappa shape index (κ2) is 5.32. The van der Waals surface area contributed by atoms with Gasteiger partial charge in [0.25, 0.3) is 0 Å². The van der Waals surface area contributed by atoms with Crippen LogP contribution in [0.15, 0.2) is 54.6 Å². The summed E-state index contributed by atoms with van der Waals surface area (Å²) < 4.78 is 0. The molecule has 89 valence electrons. The van der Waals surface area contributed by atoms with E-state index in [0.717, 1.165) is 28.3 Å². The summed E-state index contributed by atoms with van der Waals surface area (Å²) in [5.74, 6) is -0.942. The number of rotatable bonds is 3. The van der Waals surface area contributed by atoms with Crippen LogP contribution in [0.3, 0.4) is 0 Å². The fourth-order valence-electron chi connectivity index (χ4n) is 1.74. The lowest BCUT2D eigenvalue weighted by molar-refractivity contribution is -0.131. The van der Waals surface area contributed by atoms with E-state index in [-0.39, 0.29) is 0 Å². The maximum absolute atomic E-state index is 10.4. The lowest BCUT2D eigenvalue weighted by atomic mass is 9.99. The van der Waals surface area contributed by atoms with Gasteiger partial charge in [-0.15, -0.1) is 0 Å². The molecule has 0 aliphatic rings. The minimum absolute atomic E-state index is 0.864. The smallest absolute Gasteiger partial charge is 0.328 e. The van der Waals surface area contributed by atoms with Crippen LogP contribution in [-0.4, -0.2) is 11.1 Å². The molecular formula is C16H13O2. The highest BCUT2D eigenvalue weighted by molar-refractivity contribution is 5.85. The summed E-state index contributed by atoms with van der Waals surface area (Å²) in [5.41, 5.74) is 4.01. The Kier molecular flexibility index (Phi) is 3.58. The van der Waals surface area contributed by atoms with E-state index in [0.29, 0.717) is 0 Å². The van der Waals surface area contributed by atoms with Crippen molar-refractivity contribution >= 4 is 12.0 Å². The fourth-order valence-corrected chi connectivity index (χ4v) is 1.74. The zero-order chi connectivity index (χ0) is 13.0. The Morgan fingerprint density at radius 1 is 1.06 bits per heavy atom. The average molecular weight is 237 g/mol. The molecule has 2 aromatic carbocycles. The first-order valence-corrected chi connectivity index (χ1v) is 5.59. The molecule has 0 aliphatic heterocycles. The van der Waals surface area contributed by atoms with Crippen LogP contribution < -0.4 is 0 Å². The quantitative estimate of drug-likeness (QED) is 0.827. The number of aliphatic carboxylic acids is 1. The van der Waals surface area contributed by atoms with Gasteiger partial charge >= 0.3 is 5.97 Å². The molecule has 1 radical (unpaired) electrons. The van der Waals surface area contributed by atoms with Crippen LogP contribution in [0.4, 0.5) is 0 Å². The number of carbonyl (C=O) groups is 1. The van der Waals surface area contributed by atoms with Gasteiger partial charge in [-0.3, -0.25) is 0 Å². The van der Waals surface area contributed by atoms with Gasteiger partial charge in [0.2, 0.25) is 0 Å². The summed E-state index contributed by atoms with van der Waals surface area (Å²) in [6.07, 6.45) is 2.70. The fraction of sp³-hybridized carbons (Fsp3) is 0. The third kappa shape index (κ3) is 2.86. The maximum atomic E-state index is 10.4. The van der Waals surface area contributed by atoms with Crippen molar-refractivity contribution in [3.05, 3.63) is 72.7 Å². The molecule has 0 spiro atoms. The summed E-state index contributed by atoms with van der Waals surface area (Å²) >= 11 is 0. The van der Waals surface area contributed by atoms with E-state index in [1.54, 1.807) is 6.08 Å². The van der Waals surface area contributed by atoms with Crippen LogP contribution in [0, 0.1) is 6.92 Å². The maximum Gasteiger partial charge on any atom is 0.328 e. The van der Waals surface area contributed by atoms with Gasteiger partial charge in [0.15, 0.2) is 0 Å². The molecular weight excluding hydrogens is 224 g/mol. The highest BCUT2D eigenvalue weighted by Crippen LogP contribution is 2.23. The van der Waals surface area contributed by atoms with Gasteiger partial charge in [0, 0.05) is 6.08 Å².